The highest BCUT2D eigenvalue weighted by Crippen LogP contribution is 2.46. The molecule has 0 spiro atoms. The van der Waals surface area contributed by atoms with Gasteiger partial charge < -0.3 is 15.3 Å². The number of rotatable bonds is 6. The van der Waals surface area contributed by atoms with E-state index in [4.69, 9.17) is 10.5 Å². The zero-order valence-electron chi connectivity index (χ0n) is 16.2. The van der Waals surface area contributed by atoms with Crippen LogP contribution in [0.1, 0.15) is 30.3 Å². The molecule has 11 heteroatoms. The summed E-state index contributed by atoms with van der Waals surface area (Å²) in [6.45, 7) is 1.90. The van der Waals surface area contributed by atoms with Crippen molar-refractivity contribution in [3.63, 3.8) is 0 Å². The van der Waals surface area contributed by atoms with Crippen molar-refractivity contribution in [2.75, 3.05) is 24.4 Å². The highest BCUT2D eigenvalue weighted by Gasteiger charge is 2.30. The molecule has 4 rings (SSSR count). The topological polar surface area (TPSA) is 146 Å². The number of ether oxygens (including phenoxy) is 1. The van der Waals surface area contributed by atoms with Crippen molar-refractivity contribution in [1.82, 2.24) is 14.9 Å². The molecule has 160 valence electrons. The maximum Gasteiger partial charge on any atom is 0.158 e. The fourth-order valence-electron chi connectivity index (χ4n) is 3.82. The molecule has 5 N–H and O–H groups in total. The predicted molar refractivity (Wildman–Crippen MR) is 114 cm³/mol. The normalized spacial score (nSPS) is 22.7. The Balaban J connectivity index is 1.44. The van der Waals surface area contributed by atoms with Gasteiger partial charge in [-0.1, -0.05) is 6.07 Å². The number of aromatic nitrogens is 2. The first-order valence-electron chi connectivity index (χ1n) is 9.60. The lowest BCUT2D eigenvalue weighted by atomic mass is 9.97. The molecule has 0 aliphatic carbocycles. The van der Waals surface area contributed by atoms with Gasteiger partial charge in [-0.15, -0.1) is 4.40 Å². The number of nitrogens with one attached hydrogen (secondary N) is 1. The molecule has 1 aromatic heterocycles. The van der Waals surface area contributed by atoms with Crippen LogP contribution in [0.5, 0.6) is 5.75 Å². The quantitative estimate of drug-likeness (QED) is 0.505. The molecule has 2 aliphatic rings. The van der Waals surface area contributed by atoms with E-state index in [1.165, 1.54) is 0 Å². The van der Waals surface area contributed by atoms with Crippen LogP contribution in [0.3, 0.4) is 0 Å². The summed E-state index contributed by atoms with van der Waals surface area (Å²) in [7, 11) is -3.34. The van der Waals surface area contributed by atoms with E-state index in [-0.39, 0.29) is 11.8 Å². The van der Waals surface area contributed by atoms with Crippen LogP contribution in [-0.2, 0) is 4.79 Å². The second-order valence-electron chi connectivity index (χ2n) is 7.28. The van der Waals surface area contributed by atoms with E-state index in [0.717, 1.165) is 25.7 Å². The van der Waals surface area contributed by atoms with Crippen molar-refractivity contribution in [1.29, 1.82) is 0 Å². The smallest absolute Gasteiger partial charge is 0.158 e. The van der Waals surface area contributed by atoms with Crippen molar-refractivity contribution in [3.8, 4) is 5.75 Å². The molecule has 0 radical (unpaired) electrons. The zero-order valence-corrected chi connectivity index (χ0v) is 17.0. The second-order valence-corrected chi connectivity index (χ2v) is 8.70. The summed E-state index contributed by atoms with van der Waals surface area (Å²) >= 11 is 0. The Morgan fingerprint density at radius 2 is 2.13 bits per heavy atom. The molecule has 2 aliphatic heterocycles. The molecule has 2 atom stereocenters. The van der Waals surface area contributed by atoms with Crippen LogP contribution in [-0.4, -0.2) is 55.8 Å². The molecule has 1 saturated heterocycles. The number of aldehydes is 1. The number of benzene rings is 1. The van der Waals surface area contributed by atoms with Crippen LogP contribution < -0.4 is 15.2 Å². The molecule has 30 heavy (non-hydrogen) atoms. The lowest BCUT2D eigenvalue weighted by Crippen LogP contribution is -2.41. The highest BCUT2D eigenvalue weighted by molar-refractivity contribution is 8.24. The Labute approximate surface area is 175 Å². The van der Waals surface area contributed by atoms with Gasteiger partial charge in [-0.2, -0.15) is 0 Å². The molecule has 0 saturated carbocycles. The van der Waals surface area contributed by atoms with Gasteiger partial charge in [0.1, 0.15) is 18.1 Å². The number of likely N-dealkylation sites (tertiary alicyclic amines) is 1. The standard InChI is InChI=1S/C19H24N6O4S/c20-18-17-14(23-30(27,28)24-18)5-1-6-16(17)29-12-13-4-2-9-25(10-13)15(11-26)19-21-7-3-8-22-19/h1,3,5-8,11,13,15,23,27-28H,2,4,9-10,12H2,(H2,20,24)/t13?,15-/m1/s1. The van der Waals surface area contributed by atoms with Crippen molar-refractivity contribution < 1.29 is 18.6 Å². The average molecular weight is 433 g/mol. The van der Waals surface area contributed by atoms with E-state index in [9.17, 15) is 13.9 Å². The Kier molecular flexibility index (Phi) is 5.86. The molecule has 2 aromatic rings. The molecular weight excluding hydrogens is 408 g/mol. The number of piperidine rings is 1. The van der Waals surface area contributed by atoms with E-state index < -0.39 is 17.0 Å². The summed E-state index contributed by atoms with van der Waals surface area (Å²) in [6, 6.07) is 6.46. The largest absolute Gasteiger partial charge is 0.492 e. The number of hydrogen-bond acceptors (Lipinski definition) is 10. The lowest BCUT2D eigenvalue weighted by Gasteiger charge is -2.36. The number of anilines is 1. The minimum atomic E-state index is -3.34. The highest BCUT2D eigenvalue weighted by atomic mass is 32.3. The van der Waals surface area contributed by atoms with Gasteiger partial charge in [0.15, 0.2) is 11.7 Å². The van der Waals surface area contributed by atoms with Gasteiger partial charge >= 0.3 is 0 Å². The Morgan fingerprint density at radius 3 is 2.90 bits per heavy atom. The number of carbonyl (C=O) groups excluding carboxylic acids is 1. The zero-order chi connectivity index (χ0) is 21.1. The van der Waals surface area contributed by atoms with Gasteiger partial charge in [0, 0.05) is 24.9 Å². The van der Waals surface area contributed by atoms with E-state index in [1.807, 2.05) is 0 Å². The minimum Gasteiger partial charge on any atom is -0.492 e. The maximum atomic E-state index is 11.7. The summed E-state index contributed by atoms with van der Waals surface area (Å²) in [5.74, 6) is 1.24. The van der Waals surface area contributed by atoms with E-state index in [0.29, 0.717) is 36.0 Å². The third-order valence-corrected chi connectivity index (χ3v) is 6.10. The summed E-state index contributed by atoms with van der Waals surface area (Å²) in [5.41, 5.74) is 6.92. The lowest BCUT2D eigenvalue weighted by molar-refractivity contribution is -0.113. The number of fused-ring (bicyclic) bond motifs is 1. The summed E-state index contributed by atoms with van der Waals surface area (Å²) < 4.78 is 31.9. The first-order chi connectivity index (χ1) is 14.5. The third kappa shape index (κ3) is 4.38. The van der Waals surface area contributed by atoms with Crippen LogP contribution in [0.4, 0.5) is 5.69 Å². The molecule has 0 amide bonds. The fraction of sp³-hybridized carbons (Fsp3) is 0.368. The molecular formula is C19H24N6O4S. The van der Waals surface area contributed by atoms with Crippen LogP contribution in [0.2, 0.25) is 0 Å². The van der Waals surface area contributed by atoms with Crippen molar-refractivity contribution >= 4 is 28.8 Å². The van der Waals surface area contributed by atoms with Crippen LogP contribution >= 0.6 is 11.0 Å². The SMILES string of the molecule is NC1=NS(O)(O)Nc2cccc(OCC3CCCN([C@H](C=O)c4ncccn4)C3)c21. The summed E-state index contributed by atoms with van der Waals surface area (Å²) in [6.07, 6.45) is 6.06. The predicted octanol–water partition coefficient (Wildman–Crippen LogP) is 2.22. The Hall–Kier alpha value is -2.73. The van der Waals surface area contributed by atoms with Crippen molar-refractivity contribution in [2.45, 2.75) is 18.9 Å². The van der Waals surface area contributed by atoms with E-state index >= 15 is 0 Å². The average Bonchev–Trinajstić information content (AvgIpc) is 2.73. The second kappa shape index (κ2) is 8.56. The van der Waals surface area contributed by atoms with Crippen LogP contribution in [0, 0.1) is 5.92 Å². The number of nitrogens with zero attached hydrogens (tertiary/aromatic N) is 4. The molecule has 1 fully saturated rings. The molecule has 1 unspecified atom stereocenters. The molecule has 0 bridgehead atoms. The first kappa shape index (κ1) is 20.5. The van der Waals surface area contributed by atoms with E-state index in [1.54, 1.807) is 36.7 Å². The number of amidine groups is 1. The number of carbonyl (C=O) groups is 1. The van der Waals surface area contributed by atoms with Gasteiger partial charge in [-0.05, 0) is 48.5 Å². The Bertz CT molecular complexity index is 942. The number of hydrogen-bond donors (Lipinski definition) is 4. The van der Waals surface area contributed by atoms with Gasteiger partial charge in [0.2, 0.25) is 0 Å². The van der Waals surface area contributed by atoms with Crippen molar-refractivity contribution in [2.24, 2.45) is 16.0 Å². The van der Waals surface area contributed by atoms with Crippen LogP contribution in [0.15, 0.2) is 41.1 Å². The minimum absolute atomic E-state index is 0.0202. The monoisotopic (exact) mass is 432 g/mol. The number of nitrogens with two attached hydrogens (primary N) is 1. The maximum absolute atomic E-state index is 11.7. The summed E-state index contributed by atoms with van der Waals surface area (Å²) in [4.78, 5) is 22.2. The van der Waals surface area contributed by atoms with Crippen LogP contribution in [0.25, 0.3) is 0 Å². The fourth-order valence-corrected chi connectivity index (χ4v) is 4.70. The molecule has 3 heterocycles. The van der Waals surface area contributed by atoms with Gasteiger partial charge in [-0.25, -0.2) is 9.97 Å². The van der Waals surface area contributed by atoms with Gasteiger partial charge in [0.05, 0.1) is 17.9 Å². The summed E-state index contributed by atoms with van der Waals surface area (Å²) in [5, 5.41) is 0. The van der Waals surface area contributed by atoms with E-state index in [2.05, 4.69) is 24.0 Å². The first-order valence-corrected chi connectivity index (χ1v) is 11.1. The van der Waals surface area contributed by atoms with Crippen molar-refractivity contribution in [3.05, 3.63) is 48.0 Å². The van der Waals surface area contributed by atoms with Gasteiger partial charge in [0.25, 0.3) is 0 Å². The third-order valence-electron chi connectivity index (χ3n) is 5.15. The molecule has 10 nitrogen and oxygen atoms in total. The van der Waals surface area contributed by atoms with Gasteiger partial charge in [-0.3, -0.25) is 18.7 Å². The Morgan fingerprint density at radius 1 is 1.33 bits per heavy atom. The molecule has 1 aromatic carbocycles.